The molecule has 0 spiro atoms. The lowest BCUT2D eigenvalue weighted by molar-refractivity contribution is 0.0680. The maximum absolute atomic E-state index is 5.74. The molecule has 0 aliphatic heterocycles. The van der Waals surface area contributed by atoms with Crippen LogP contribution in [0.3, 0.4) is 0 Å². The molecule has 1 fully saturated rings. The summed E-state index contributed by atoms with van der Waals surface area (Å²) in [5.41, 5.74) is 1.25. The zero-order valence-electron chi connectivity index (χ0n) is 11.4. The van der Waals surface area contributed by atoms with Crippen LogP contribution in [-0.2, 0) is 5.88 Å². The molecule has 0 radical (unpaired) electrons. The Morgan fingerprint density at radius 2 is 1.83 bits per heavy atom. The maximum atomic E-state index is 5.74. The molecule has 1 aliphatic carbocycles. The smallest absolute Gasteiger partial charge is 0.225 e. The first kappa shape index (κ1) is 13.6. The predicted octanol–water partition coefficient (Wildman–Crippen LogP) is 2.14. The molecular weight excluding hydrogens is 248 g/mol. The molecule has 0 amide bonds. The van der Waals surface area contributed by atoms with Crippen molar-refractivity contribution in [2.24, 2.45) is 0 Å². The molecule has 100 valence electrons. The molecule has 5 heteroatoms. The van der Waals surface area contributed by atoms with E-state index in [1.54, 1.807) is 12.4 Å². The van der Waals surface area contributed by atoms with Gasteiger partial charge in [-0.15, -0.1) is 11.6 Å². The minimum atomic E-state index is 0.295. The number of aromatic nitrogens is 2. The summed E-state index contributed by atoms with van der Waals surface area (Å²) < 4.78 is 0. The van der Waals surface area contributed by atoms with Crippen molar-refractivity contribution >= 4 is 17.5 Å². The van der Waals surface area contributed by atoms with Gasteiger partial charge in [0.25, 0.3) is 0 Å². The third kappa shape index (κ3) is 2.59. The van der Waals surface area contributed by atoms with Crippen molar-refractivity contribution in [1.82, 2.24) is 14.9 Å². The minimum absolute atomic E-state index is 0.295. The third-order valence-corrected chi connectivity index (χ3v) is 4.26. The lowest BCUT2D eigenvalue weighted by Gasteiger charge is -2.49. The molecule has 1 aromatic rings. The zero-order chi connectivity index (χ0) is 13.2. The molecule has 0 N–H and O–H groups in total. The highest BCUT2D eigenvalue weighted by Gasteiger charge is 2.40. The molecule has 0 bridgehead atoms. The Kier molecular flexibility index (Phi) is 4.07. The van der Waals surface area contributed by atoms with Gasteiger partial charge in [0.05, 0.1) is 5.88 Å². The van der Waals surface area contributed by atoms with Gasteiger partial charge in [0, 0.05) is 37.1 Å². The highest BCUT2D eigenvalue weighted by atomic mass is 35.5. The SMILES string of the molecule is CN(CC1(N(C)C)CCC1)c1ncc(CCl)cn1. The molecule has 1 heterocycles. The molecule has 0 aromatic carbocycles. The molecular formula is C13H21ClN4. The number of hydrogen-bond acceptors (Lipinski definition) is 4. The van der Waals surface area contributed by atoms with E-state index < -0.39 is 0 Å². The van der Waals surface area contributed by atoms with Crippen molar-refractivity contribution < 1.29 is 0 Å². The second-order valence-electron chi connectivity index (χ2n) is 5.35. The number of halogens is 1. The number of likely N-dealkylation sites (N-methyl/N-ethyl adjacent to an activating group) is 2. The van der Waals surface area contributed by atoms with Gasteiger partial charge in [0.1, 0.15) is 0 Å². The topological polar surface area (TPSA) is 32.3 Å². The van der Waals surface area contributed by atoms with Crippen molar-refractivity contribution in [1.29, 1.82) is 0 Å². The summed E-state index contributed by atoms with van der Waals surface area (Å²) in [4.78, 5) is 13.2. The summed E-state index contributed by atoms with van der Waals surface area (Å²) in [5, 5.41) is 0. The number of hydrogen-bond donors (Lipinski definition) is 0. The lowest BCUT2D eigenvalue weighted by Crippen LogP contribution is -2.57. The van der Waals surface area contributed by atoms with E-state index in [2.05, 4.69) is 40.9 Å². The average molecular weight is 269 g/mol. The second kappa shape index (κ2) is 5.41. The first-order valence-electron chi connectivity index (χ1n) is 6.33. The van der Waals surface area contributed by atoms with Crippen LogP contribution in [-0.4, -0.2) is 48.1 Å². The van der Waals surface area contributed by atoms with E-state index >= 15 is 0 Å². The number of alkyl halides is 1. The van der Waals surface area contributed by atoms with E-state index in [4.69, 9.17) is 11.6 Å². The normalized spacial score (nSPS) is 17.6. The highest BCUT2D eigenvalue weighted by molar-refractivity contribution is 6.17. The van der Waals surface area contributed by atoms with Crippen LogP contribution in [0.2, 0.25) is 0 Å². The predicted molar refractivity (Wildman–Crippen MR) is 75.1 cm³/mol. The van der Waals surface area contributed by atoms with Crippen LogP contribution in [0.5, 0.6) is 0 Å². The summed E-state index contributed by atoms with van der Waals surface area (Å²) in [6, 6.07) is 0. The van der Waals surface area contributed by atoms with Crippen LogP contribution in [0, 0.1) is 0 Å². The molecule has 2 rings (SSSR count). The fraction of sp³-hybridized carbons (Fsp3) is 0.692. The van der Waals surface area contributed by atoms with Crippen molar-refractivity contribution in [3.05, 3.63) is 18.0 Å². The fourth-order valence-electron chi connectivity index (χ4n) is 2.46. The highest BCUT2D eigenvalue weighted by Crippen LogP contribution is 2.37. The monoisotopic (exact) mass is 268 g/mol. The standard InChI is InChI=1S/C13H21ClN4/c1-17(2)13(5-4-6-13)10-18(3)12-15-8-11(7-14)9-16-12/h8-9H,4-7,10H2,1-3H3. The van der Waals surface area contributed by atoms with E-state index in [1.165, 1.54) is 19.3 Å². The second-order valence-corrected chi connectivity index (χ2v) is 5.62. The van der Waals surface area contributed by atoms with Gasteiger partial charge in [-0.25, -0.2) is 9.97 Å². The Labute approximate surface area is 114 Å². The van der Waals surface area contributed by atoms with Gasteiger partial charge in [-0.2, -0.15) is 0 Å². The Morgan fingerprint density at radius 1 is 1.22 bits per heavy atom. The van der Waals surface area contributed by atoms with Gasteiger partial charge >= 0.3 is 0 Å². The van der Waals surface area contributed by atoms with Crippen LogP contribution >= 0.6 is 11.6 Å². The average Bonchev–Trinajstić information content (AvgIpc) is 2.33. The van der Waals surface area contributed by atoms with E-state index in [1.807, 2.05) is 0 Å². The van der Waals surface area contributed by atoms with Crippen molar-refractivity contribution in [3.8, 4) is 0 Å². The Balaban J connectivity index is 2.04. The number of nitrogens with zero attached hydrogens (tertiary/aromatic N) is 4. The maximum Gasteiger partial charge on any atom is 0.225 e. The molecule has 4 nitrogen and oxygen atoms in total. The van der Waals surface area contributed by atoms with Gasteiger partial charge in [0.15, 0.2) is 0 Å². The van der Waals surface area contributed by atoms with Crippen LogP contribution in [0.15, 0.2) is 12.4 Å². The van der Waals surface area contributed by atoms with Crippen LogP contribution in [0.1, 0.15) is 24.8 Å². The van der Waals surface area contributed by atoms with Crippen LogP contribution in [0.25, 0.3) is 0 Å². The summed E-state index contributed by atoms with van der Waals surface area (Å²) in [6.45, 7) is 0.972. The van der Waals surface area contributed by atoms with E-state index in [9.17, 15) is 0 Å². The molecule has 1 aromatic heterocycles. The summed E-state index contributed by atoms with van der Waals surface area (Å²) in [6.07, 6.45) is 7.43. The number of rotatable bonds is 5. The van der Waals surface area contributed by atoms with Crippen LogP contribution < -0.4 is 4.90 Å². The molecule has 1 aliphatic rings. The molecule has 0 unspecified atom stereocenters. The van der Waals surface area contributed by atoms with E-state index in [0.29, 0.717) is 11.4 Å². The molecule has 1 saturated carbocycles. The Morgan fingerprint density at radius 3 is 2.22 bits per heavy atom. The Bertz CT molecular complexity index is 386. The molecule has 0 atom stereocenters. The summed E-state index contributed by atoms with van der Waals surface area (Å²) in [5.74, 6) is 1.24. The minimum Gasteiger partial charge on any atom is -0.342 e. The molecule has 18 heavy (non-hydrogen) atoms. The Hall–Kier alpha value is -0.870. The van der Waals surface area contributed by atoms with Gasteiger partial charge in [-0.1, -0.05) is 0 Å². The number of anilines is 1. The van der Waals surface area contributed by atoms with Gasteiger partial charge in [-0.3, -0.25) is 0 Å². The van der Waals surface area contributed by atoms with Crippen molar-refractivity contribution in [3.63, 3.8) is 0 Å². The van der Waals surface area contributed by atoms with Crippen molar-refractivity contribution in [2.75, 3.05) is 32.6 Å². The van der Waals surface area contributed by atoms with Crippen molar-refractivity contribution in [2.45, 2.75) is 30.7 Å². The van der Waals surface area contributed by atoms with Gasteiger partial charge in [-0.05, 0) is 33.4 Å². The van der Waals surface area contributed by atoms with Gasteiger partial charge in [0.2, 0.25) is 5.95 Å². The lowest BCUT2D eigenvalue weighted by atomic mass is 9.75. The summed E-state index contributed by atoms with van der Waals surface area (Å²) in [7, 11) is 6.37. The third-order valence-electron chi connectivity index (χ3n) is 3.95. The first-order chi connectivity index (χ1) is 8.57. The fourth-order valence-corrected chi connectivity index (χ4v) is 2.60. The summed E-state index contributed by atoms with van der Waals surface area (Å²) >= 11 is 5.74. The largest absolute Gasteiger partial charge is 0.342 e. The molecule has 0 saturated heterocycles. The quantitative estimate of drug-likeness (QED) is 0.766. The van der Waals surface area contributed by atoms with E-state index in [0.717, 1.165) is 18.1 Å². The van der Waals surface area contributed by atoms with Crippen LogP contribution in [0.4, 0.5) is 5.95 Å². The first-order valence-corrected chi connectivity index (χ1v) is 6.86. The van der Waals surface area contributed by atoms with E-state index in [-0.39, 0.29) is 0 Å². The zero-order valence-corrected chi connectivity index (χ0v) is 12.1. The van der Waals surface area contributed by atoms with Gasteiger partial charge < -0.3 is 9.80 Å².